The van der Waals surface area contributed by atoms with Gasteiger partial charge < -0.3 is 30.2 Å². The highest BCUT2D eigenvalue weighted by atomic mass is 127. The number of fused-ring (bicyclic) bond motifs is 1. The fourth-order valence-corrected chi connectivity index (χ4v) is 2.47. The van der Waals surface area contributed by atoms with E-state index >= 15 is 0 Å². The summed E-state index contributed by atoms with van der Waals surface area (Å²) in [6.07, 6.45) is 2.02. The average Bonchev–Trinajstić information content (AvgIpc) is 3.31. The molecule has 1 fully saturated rings. The smallest absolute Gasteiger partial charge is 0.387 e. The van der Waals surface area contributed by atoms with Gasteiger partial charge in [-0.1, -0.05) is 0 Å². The Balaban J connectivity index is 0.00000280. The third-order valence-electron chi connectivity index (χ3n) is 3.88. The second-order valence-electron chi connectivity index (χ2n) is 6.08. The number of guanidine groups is 1. The van der Waals surface area contributed by atoms with Crippen LogP contribution < -0.4 is 30.2 Å². The molecule has 3 rings (SSSR count). The van der Waals surface area contributed by atoms with E-state index in [9.17, 15) is 13.6 Å². The average molecular weight is 512 g/mol. The number of benzene rings is 1. The molecule has 1 aliphatic carbocycles. The molecule has 2 aliphatic rings. The molecule has 156 valence electrons. The lowest BCUT2D eigenvalue weighted by atomic mass is 10.1. The van der Waals surface area contributed by atoms with Gasteiger partial charge >= 0.3 is 6.61 Å². The van der Waals surface area contributed by atoms with Gasteiger partial charge in [0.25, 0.3) is 0 Å². The van der Waals surface area contributed by atoms with Crippen molar-refractivity contribution >= 4 is 35.8 Å². The van der Waals surface area contributed by atoms with Crippen LogP contribution in [0.2, 0.25) is 0 Å². The van der Waals surface area contributed by atoms with Crippen LogP contribution in [-0.2, 0) is 11.3 Å². The van der Waals surface area contributed by atoms with E-state index in [-0.39, 0.29) is 61.6 Å². The summed E-state index contributed by atoms with van der Waals surface area (Å²) in [5, 5.41) is 8.79. The Kier molecular flexibility index (Phi) is 8.33. The maximum atomic E-state index is 12.7. The summed E-state index contributed by atoms with van der Waals surface area (Å²) in [5.74, 6) is 1.04. The fraction of sp³-hybridized carbons (Fsp3) is 0.529. The summed E-state index contributed by atoms with van der Waals surface area (Å²) < 4.78 is 40.4. The van der Waals surface area contributed by atoms with Crippen LogP contribution in [0.4, 0.5) is 8.78 Å². The fourth-order valence-electron chi connectivity index (χ4n) is 2.47. The molecule has 8 nitrogen and oxygen atoms in total. The predicted octanol–water partition coefficient (Wildman–Crippen LogP) is 1.97. The van der Waals surface area contributed by atoms with Crippen LogP contribution >= 0.6 is 24.0 Å². The predicted molar refractivity (Wildman–Crippen MR) is 109 cm³/mol. The monoisotopic (exact) mass is 512 g/mol. The molecule has 1 heterocycles. The van der Waals surface area contributed by atoms with E-state index in [0.29, 0.717) is 29.6 Å². The molecular weight excluding hydrogens is 489 g/mol. The molecule has 0 spiro atoms. The number of nitrogens with one attached hydrogen (secondary N) is 3. The first-order valence-electron chi connectivity index (χ1n) is 8.74. The molecule has 1 aliphatic heterocycles. The molecule has 1 aromatic rings. The lowest BCUT2D eigenvalue weighted by molar-refractivity contribution is -0.120. The van der Waals surface area contributed by atoms with Crippen LogP contribution in [0, 0.1) is 0 Å². The number of alkyl halides is 2. The van der Waals surface area contributed by atoms with Crippen LogP contribution in [0.25, 0.3) is 0 Å². The molecule has 0 bridgehead atoms. The highest BCUT2D eigenvalue weighted by molar-refractivity contribution is 14.0. The highest BCUT2D eigenvalue weighted by Crippen LogP contribution is 2.39. The van der Waals surface area contributed by atoms with E-state index in [0.717, 1.165) is 12.8 Å². The second kappa shape index (κ2) is 10.5. The van der Waals surface area contributed by atoms with Gasteiger partial charge in [0.2, 0.25) is 12.7 Å². The first kappa shape index (κ1) is 22.2. The zero-order chi connectivity index (χ0) is 19.2. The number of ether oxygens (including phenoxy) is 3. The highest BCUT2D eigenvalue weighted by Gasteiger charge is 2.23. The molecule has 0 saturated heterocycles. The van der Waals surface area contributed by atoms with Crippen molar-refractivity contribution in [3.05, 3.63) is 17.7 Å². The van der Waals surface area contributed by atoms with Crippen molar-refractivity contribution < 1.29 is 27.8 Å². The number of aliphatic imine (C=N–C) groups is 1. The second-order valence-corrected chi connectivity index (χ2v) is 6.08. The van der Waals surface area contributed by atoms with Gasteiger partial charge in [-0.15, -0.1) is 24.0 Å². The van der Waals surface area contributed by atoms with E-state index < -0.39 is 6.61 Å². The minimum atomic E-state index is -2.97. The van der Waals surface area contributed by atoms with Gasteiger partial charge in [0.15, 0.2) is 17.5 Å². The summed E-state index contributed by atoms with van der Waals surface area (Å²) in [5.41, 5.74) is 0.416. The third kappa shape index (κ3) is 6.53. The number of rotatable bonds is 8. The SMILES string of the molecule is CCNC(=NCc1cc2c(cc1OC(F)F)OCO2)NCC(=O)NC1CC1.I. The maximum Gasteiger partial charge on any atom is 0.387 e. The molecule has 1 saturated carbocycles. The van der Waals surface area contributed by atoms with Crippen molar-refractivity contribution in [3.63, 3.8) is 0 Å². The van der Waals surface area contributed by atoms with E-state index in [2.05, 4.69) is 25.7 Å². The van der Waals surface area contributed by atoms with Gasteiger partial charge in [0.1, 0.15) is 5.75 Å². The molecule has 1 amide bonds. The van der Waals surface area contributed by atoms with Gasteiger partial charge in [-0.05, 0) is 25.8 Å². The van der Waals surface area contributed by atoms with Gasteiger partial charge in [-0.25, -0.2) is 4.99 Å². The Morgan fingerprint density at radius 2 is 2.00 bits per heavy atom. The molecule has 0 unspecified atom stereocenters. The summed E-state index contributed by atoms with van der Waals surface area (Å²) in [6.45, 7) is -0.352. The number of nitrogens with zero attached hydrogens (tertiary/aromatic N) is 1. The van der Waals surface area contributed by atoms with Crippen molar-refractivity contribution in [2.24, 2.45) is 4.99 Å². The van der Waals surface area contributed by atoms with E-state index in [1.54, 1.807) is 6.07 Å². The largest absolute Gasteiger partial charge is 0.454 e. The van der Waals surface area contributed by atoms with Gasteiger partial charge in [-0.2, -0.15) is 8.78 Å². The Morgan fingerprint density at radius 1 is 1.29 bits per heavy atom. The van der Waals surface area contributed by atoms with Crippen LogP contribution in [0.3, 0.4) is 0 Å². The Morgan fingerprint density at radius 3 is 2.64 bits per heavy atom. The number of halogens is 3. The van der Waals surface area contributed by atoms with E-state index in [4.69, 9.17) is 9.47 Å². The van der Waals surface area contributed by atoms with E-state index in [1.807, 2.05) is 6.92 Å². The van der Waals surface area contributed by atoms with Crippen molar-refractivity contribution in [3.8, 4) is 17.2 Å². The molecule has 11 heteroatoms. The standard InChI is InChI=1S/C17H22F2N4O4.HI/c1-2-20-17(22-8-15(24)23-11-3-4-11)21-7-10-5-13-14(26-9-25-13)6-12(10)27-16(18)19;/h5-6,11,16H,2-4,7-9H2,1H3,(H,23,24)(H2,20,21,22);1H. The summed E-state index contributed by atoms with van der Waals surface area (Å²) >= 11 is 0. The number of amides is 1. The zero-order valence-corrected chi connectivity index (χ0v) is 17.6. The van der Waals surface area contributed by atoms with Crippen molar-refractivity contribution in [1.29, 1.82) is 0 Å². The quantitative estimate of drug-likeness (QED) is 0.280. The molecule has 0 aromatic heterocycles. The normalized spacial score (nSPS) is 15.1. The first-order valence-corrected chi connectivity index (χ1v) is 8.74. The van der Waals surface area contributed by atoms with Crippen molar-refractivity contribution in [2.45, 2.75) is 39.0 Å². The van der Waals surface area contributed by atoms with Crippen LogP contribution in [0.5, 0.6) is 17.2 Å². The molecule has 0 radical (unpaired) electrons. The third-order valence-corrected chi connectivity index (χ3v) is 3.88. The Hall–Kier alpha value is -2.05. The Labute approximate surface area is 178 Å². The zero-order valence-electron chi connectivity index (χ0n) is 15.3. The number of hydrogen-bond acceptors (Lipinski definition) is 5. The minimum absolute atomic E-state index is 0. The number of carbonyl (C=O) groups is 1. The van der Waals surface area contributed by atoms with Gasteiger partial charge in [0.05, 0.1) is 13.1 Å². The minimum Gasteiger partial charge on any atom is -0.454 e. The summed E-state index contributed by atoms with van der Waals surface area (Å²) in [7, 11) is 0. The van der Waals surface area contributed by atoms with Gasteiger partial charge in [-0.3, -0.25) is 4.79 Å². The topological polar surface area (TPSA) is 93.2 Å². The van der Waals surface area contributed by atoms with Crippen LogP contribution in [0.1, 0.15) is 25.3 Å². The van der Waals surface area contributed by atoms with Crippen LogP contribution in [-0.4, -0.2) is 44.4 Å². The molecule has 28 heavy (non-hydrogen) atoms. The Bertz CT molecular complexity index is 717. The van der Waals surface area contributed by atoms with Crippen molar-refractivity contribution in [2.75, 3.05) is 19.9 Å². The summed E-state index contributed by atoms with van der Waals surface area (Å²) in [6, 6.07) is 3.21. The van der Waals surface area contributed by atoms with Crippen molar-refractivity contribution in [1.82, 2.24) is 16.0 Å². The first-order chi connectivity index (χ1) is 13.0. The lowest BCUT2D eigenvalue weighted by Gasteiger charge is -2.13. The maximum absolute atomic E-state index is 12.7. The molecule has 1 aromatic carbocycles. The van der Waals surface area contributed by atoms with Crippen LogP contribution in [0.15, 0.2) is 17.1 Å². The molecule has 3 N–H and O–H groups in total. The number of carbonyl (C=O) groups excluding carboxylic acids is 1. The van der Waals surface area contributed by atoms with Gasteiger partial charge in [0, 0.05) is 24.2 Å². The molecular formula is C17H23F2IN4O4. The molecule has 0 atom stereocenters. The van der Waals surface area contributed by atoms with E-state index in [1.165, 1.54) is 6.07 Å². The summed E-state index contributed by atoms with van der Waals surface area (Å²) in [4.78, 5) is 16.1. The lowest BCUT2D eigenvalue weighted by Crippen LogP contribution is -2.43. The number of hydrogen-bond donors (Lipinski definition) is 3.